The van der Waals surface area contributed by atoms with Gasteiger partial charge in [0, 0.05) is 6.54 Å². The molecule has 1 aliphatic heterocycles. The van der Waals surface area contributed by atoms with Crippen molar-refractivity contribution in [2.75, 3.05) is 33.4 Å². The smallest absolute Gasteiger partial charge is 0.119 e. The van der Waals surface area contributed by atoms with Crippen molar-refractivity contribution >= 4 is 0 Å². The molecule has 2 atom stereocenters. The van der Waals surface area contributed by atoms with E-state index in [2.05, 4.69) is 55.1 Å². The first-order valence-corrected chi connectivity index (χ1v) is 9.76. The lowest BCUT2D eigenvalue weighted by Crippen LogP contribution is -2.25. The van der Waals surface area contributed by atoms with E-state index < -0.39 is 0 Å². The van der Waals surface area contributed by atoms with E-state index in [0.29, 0.717) is 11.8 Å². The second-order valence-corrected chi connectivity index (χ2v) is 7.32. The molecule has 3 heteroatoms. The molecule has 0 N–H and O–H groups in total. The van der Waals surface area contributed by atoms with Gasteiger partial charge in [-0.05, 0) is 73.2 Å². The number of ether oxygens (including phenoxy) is 2. The number of methoxy groups -OCH3 is 1. The number of benzene rings is 2. The number of hydrogen-bond acceptors (Lipinski definition) is 3. The summed E-state index contributed by atoms with van der Waals surface area (Å²) in [5.41, 5.74) is 2.68. The van der Waals surface area contributed by atoms with Crippen LogP contribution < -0.4 is 9.47 Å². The van der Waals surface area contributed by atoms with E-state index in [4.69, 9.17) is 9.47 Å². The molecule has 0 aliphatic carbocycles. The highest BCUT2D eigenvalue weighted by molar-refractivity contribution is 5.34. The molecule has 0 spiro atoms. The van der Waals surface area contributed by atoms with E-state index >= 15 is 0 Å². The molecule has 26 heavy (non-hydrogen) atoms. The van der Waals surface area contributed by atoms with E-state index in [1.807, 2.05) is 12.1 Å². The Labute approximate surface area is 157 Å². The first-order valence-electron chi connectivity index (χ1n) is 9.76. The van der Waals surface area contributed by atoms with Crippen LogP contribution in [0.1, 0.15) is 49.7 Å². The number of nitrogens with zero attached hydrogens (tertiary/aromatic N) is 1. The molecule has 140 valence electrons. The van der Waals surface area contributed by atoms with E-state index in [0.717, 1.165) is 24.7 Å². The van der Waals surface area contributed by atoms with Gasteiger partial charge in [0.25, 0.3) is 0 Å². The fourth-order valence-electron chi connectivity index (χ4n) is 3.65. The van der Waals surface area contributed by atoms with Gasteiger partial charge in [-0.2, -0.15) is 0 Å². The van der Waals surface area contributed by atoms with Crippen molar-refractivity contribution in [2.24, 2.45) is 0 Å². The van der Waals surface area contributed by atoms with Gasteiger partial charge in [-0.15, -0.1) is 0 Å². The predicted octanol–water partition coefficient (Wildman–Crippen LogP) is 5.08. The molecule has 0 radical (unpaired) electrons. The maximum atomic E-state index is 5.92. The average Bonchev–Trinajstić information content (AvgIpc) is 3.21. The number of hydrogen-bond donors (Lipinski definition) is 0. The molecule has 0 aromatic heterocycles. The molecule has 0 amide bonds. The quantitative estimate of drug-likeness (QED) is 0.661. The number of rotatable bonds is 8. The van der Waals surface area contributed by atoms with Crippen molar-refractivity contribution in [1.82, 2.24) is 4.90 Å². The highest BCUT2D eigenvalue weighted by Gasteiger charge is 2.16. The Morgan fingerprint density at radius 3 is 1.81 bits per heavy atom. The minimum Gasteiger partial charge on any atom is -0.497 e. The van der Waals surface area contributed by atoms with Crippen molar-refractivity contribution in [3.05, 3.63) is 59.7 Å². The molecule has 1 fully saturated rings. The van der Waals surface area contributed by atoms with Crippen LogP contribution >= 0.6 is 0 Å². The zero-order valence-corrected chi connectivity index (χ0v) is 16.3. The van der Waals surface area contributed by atoms with Crippen molar-refractivity contribution in [1.29, 1.82) is 0 Å². The monoisotopic (exact) mass is 353 g/mol. The minimum absolute atomic E-state index is 0.446. The van der Waals surface area contributed by atoms with Crippen LogP contribution in [0.15, 0.2) is 48.5 Å². The van der Waals surface area contributed by atoms with Gasteiger partial charge in [0.05, 0.1) is 7.11 Å². The predicted molar refractivity (Wildman–Crippen MR) is 107 cm³/mol. The van der Waals surface area contributed by atoms with Gasteiger partial charge < -0.3 is 9.47 Å². The Morgan fingerprint density at radius 1 is 0.808 bits per heavy atom. The van der Waals surface area contributed by atoms with Crippen molar-refractivity contribution in [3.8, 4) is 11.5 Å². The first kappa shape index (κ1) is 18.8. The molecule has 1 aliphatic rings. The van der Waals surface area contributed by atoms with E-state index in [1.165, 1.54) is 37.1 Å². The van der Waals surface area contributed by atoms with Crippen LogP contribution in [0, 0.1) is 0 Å². The second-order valence-electron chi connectivity index (χ2n) is 7.32. The fraction of sp³-hybridized carbons (Fsp3) is 0.478. The lowest BCUT2D eigenvalue weighted by atomic mass is 9.84. The van der Waals surface area contributed by atoms with Gasteiger partial charge in [0.2, 0.25) is 0 Å². The summed E-state index contributed by atoms with van der Waals surface area (Å²) in [5, 5.41) is 0. The Bertz CT molecular complexity index is 660. The molecule has 2 aromatic carbocycles. The molecular formula is C23H31NO2. The summed E-state index contributed by atoms with van der Waals surface area (Å²) in [7, 11) is 1.70. The van der Waals surface area contributed by atoms with Crippen LogP contribution in [-0.2, 0) is 0 Å². The highest BCUT2D eigenvalue weighted by atomic mass is 16.5. The molecule has 3 rings (SSSR count). The average molecular weight is 354 g/mol. The summed E-state index contributed by atoms with van der Waals surface area (Å²) in [6.07, 6.45) is 2.66. The summed E-state index contributed by atoms with van der Waals surface area (Å²) in [6.45, 7) is 8.83. The van der Waals surface area contributed by atoms with Crippen LogP contribution in [0.25, 0.3) is 0 Å². The SMILES string of the molecule is COc1ccc([C@@H](C)[C@@H](C)c2ccc(OCCN3CCCC3)cc2)cc1. The summed E-state index contributed by atoms with van der Waals surface area (Å²) >= 11 is 0. The van der Waals surface area contributed by atoms with Crippen molar-refractivity contribution < 1.29 is 9.47 Å². The largest absolute Gasteiger partial charge is 0.497 e. The van der Waals surface area contributed by atoms with Crippen LogP contribution in [0.4, 0.5) is 0 Å². The van der Waals surface area contributed by atoms with E-state index in [1.54, 1.807) is 7.11 Å². The van der Waals surface area contributed by atoms with Crippen molar-refractivity contribution in [3.63, 3.8) is 0 Å². The van der Waals surface area contributed by atoms with Crippen LogP contribution in [-0.4, -0.2) is 38.3 Å². The molecule has 1 heterocycles. The van der Waals surface area contributed by atoms with Gasteiger partial charge in [-0.25, -0.2) is 0 Å². The molecule has 0 unspecified atom stereocenters. The standard InChI is InChI=1S/C23H31NO2/c1-18(20-6-10-22(25-3)11-7-20)19(2)21-8-12-23(13-9-21)26-17-16-24-14-4-5-15-24/h6-13,18-19H,4-5,14-17H2,1-3H3/t18-,19+/m0/s1. The Balaban J connectivity index is 1.54. The lowest BCUT2D eigenvalue weighted by Gasteiger charge is -2.21. The number of likely N-dealkylation sites (tertiary alicyclic amines) is 1. The molecule has 3 nitrogen and oxygen atoms in total. The van der Waals surface area contributed by atoms with Crippen molar-refractivity contribution in [2.45, 2.75) is 38.5 Å². The zero-order valence-electron chi connectivity index (χ0n) is 16.3. The van der Waals surface area contributed by atoms with E-state index in [-0.39, 0.29) is 0 Å². The topological polar surface area (TPSA) is 21.7 Å². The third kappa shape index (κ3) is 4.79. The Hall–Kier alpha value is -2.00. The maximum Gasteiger partial charge on any atom is 0.119 e. The summed E-state index contributed by atoms with van der Waals surface area (Å²) in [5.74, 6) is 2.77. The molecule has 0 saturated carbocycles. The van der Waals surface area contributed by atoms with E-state index in [9.17, 15) is 0 Å². The third-order valence-corrected chi connectivity index (χ3v) is 5.67. The van der Waals surface area contributed by atoms with Gasteiger partial charge in [-0.1, -0.05) is 38.1 Å². The first-order chi connectivity index (χ1) is 12.7. The summed E-state index contributed by atoms with van der Waals surface area (Å²) in [4.78, 5) is 2.48. The maximum absolute atomic E-state index is 5.92. The molecule has 2 aromatic rings. The van der Waals surface area contributed by atoms with Gasteiger partial charge in [0.1, 0.15) is 18.1 Å². The Kier molecular flexibility index (Phi) is 6.56. The normalized spacial score (nSPS) is 17.0. The zero-order chi connectivity index (χ0) is 18.4. The third-order valence-electron chi connectivity index (χ3n) is 5.67. The Morgan fingerprint density at radius 2 is 1.31 bits per heavy atom. The fourth-order valence-corrected chi connectivity index (χ4v) is 3.65. The van der Waals surface area contributed by atoms with Gasteiger partial charge >= 0.3 is 0 Å². The molecule has 1 saturated heterocycles. The lowest BCUT2D eigenvalue weighted by molar-refractivity contribution is 0.237. The summed E-state index contributed by atoms with van der Waals surface area (Å²) in [6, 6.07) is 17.0. The van der Waals surface area contributed by atoms with Crippen LogP contribution in [0.2, 0.25) is 0 Å². The highest BCUT2D eigenvalue weighted by Crippen LogP contribution is 2.33. The van der Waals surface area contributed by atoms with Gasteiger partial charge in [0.15, 0.2) is 0 Å². The minimum atomic E-state index is 0.446. The van der Waals surface area contributed by atoms with Crippen LogP contribution in [0.3, 0.4) is 0 Å². The molecular weight excluding hydrogens is 322 g/mol. The summed E-state index contributed by atoms with van der Waals surface area (Å²) < 4.78 is 11.2. The second kappa shape index (κ2) is 9.09. The molecule has 0 bridgehead atoms. The van der Waals surface area contributed by atoms with Gasteiger partial charge in [-0.3, -0.25) is 4.90 Å². The van der Waals surface area contributed by atoms with Crippen LogP contribution in [0.5, 0.6) is 11.5 Å².